The van der Waals surface area contributed by atoms with Crippen molar-refractivity contribution >= 4 is 11.9 Å². The molecule has 1 rings (SSSR count). The molecular formula is C11H16N2O4. The van der Waals surface area contributed by atoms with Gasteiger partial charge in [0.1, 0.15) is 6.04 Å². The Labute approximate surface area is 99.2 Å². The Balaban J connectivity index is 2.81. The minimum atomic E-state index is -1.02. The quantitative estimate of drug-likeness (QED) is 0.837. The summed E-state index contributed by atoms with van der Waals surface area (Å²) in [6.07, 6.45) is 2.80. The lowest BCUT2D eigenvalue weighted by atomic mass is 10.0. The number of likely N-dealkylation sites (N-methyl/N-ethyl adjacent to an activating group) is 1. The van der Waals surface area contributed by atoms with Gasteiger partial charge in [-0.15, -0.1) is 0 Å². The topological polar surface area (TPSA) is 83.6 Å². The van der Waals surface area contributed by atoms with E-state index in [0.29, 0.717) is 6.42 Å². The summed E-state index contributed by atoms with van der Waals surface area (Å²) >= 11 is 0. The van der Waals surface area contributed by atoms with Gasteiger partial charge in [-0.05, 0) is 12.3 Å². The van der Waals surface area contributed by atoms with Crippen LogP contribution in [-0.2, 0) is 4.79 Å². The van der Waals surface area contributed by atoms with E-state index in [2.05, 4.69) is 4.98 Å². The Morgan fingerprint density at radius 2 is 2.18 bits per heavy atom. The van der Waals surface area contributed by atoms with Gasteiger partial charge in [0.2, 0.25) is 5.76 Å². The molecule has 1 atom stereocenters. The number of nitrogens with zero attached hydrogens (tertiary/aromatic N) is 2. The largest absolute Gasteiger partial charge is 0.480 e. The molecule has 0 aliphatic heterocycles. The number of carboxylic acids is 1. The van der Waals surface area contributed by atoms with Gasteiger partial charge in [0.15, 0.2) is 6.39 Å². The van der Waals surface area contributed by atoms with Crippen molar-refractivity contribution in [2.45, 2.75) is 26.3 Å². The predicted octanol–water partition coefficient (Wildman–Crippen LogP) is 1.25. The fourth-order valence-electron chi connectivity index (χ4n) is 1.51. The average Bonchev–Trinajstić information content (AvgIpc) is 2.76. The normalized spacial score (nSPS) is 12.5. The van der Waals surface area contributed by atoms with Gasteiger partial charge in [-0.2, -0.15) is 0 Å². The van der Waals surface area contributed by atoms with E-state index < -0.39 is 17.9 Å². The number of rotatable bonds is 5. The lowest BCUT2D eigenvalue weighted by Crippen LogP contribution is -2.43. The summed E-state index contributed by atoms with van der Waals surface area (Å²) in [6.45, 7) is 3.81. The summed E-state index contributed by atoms with van der Waals surface area (Å²) in [4.78, 5) is 27.8. The standard InChI is InChI=1S/C11H16N2O4/c1-7(2)4-8(11(15)16)13(3)10(14)9-5-12-6-17-9/h5-8H,4H2,1-3H3,(H,15,16). The van der Waals surface area contributed by atoms with Crippen LogP contribution in [0.3, 0.4) is 0 Å². The van der Waals surface area contributed by atoms with Gasteiger partial charge in [-0.3, -0.25) is 4.79 Å². The third kappa shape index (κ3) is 3.30. The zero-order chi connectivity index (χ0) is 13.0. The SMILES string of the molecule is CC(C)CC(C(=O)O)N(C)C(=O)c1cnco1. The van der Waals surface area contributed by atoms with Crippen molar-refractivity contribution in [1.29, 1.82) is 0 Å². The number of oxazole rings is 1. The first-order valence-electron chi connectivity index (χ1n) is 5.32. The van der Waals surface area contributed by atoms with E-state index in [4.69, 9.17) is 9.52 Å². The van der Waals surface area contributed by atoms with Gasteiger partial charge in [0.25, 0.3) is 5.91 Å². The van der Waals surface area contributed by atoms with Crippen LogP contribution >= 0.6 is 0 Å². The third-order valence-corrected chi connectivity index (χ3v) is 2.41. The number of aromatic nitrogens is 1. The number of hydrogen-bond donors (Lipinski definition) is 1. The molecule has 0 aliphatic rings. The van der Waals surface area contributed by atoms with Gasteiger partial charge in [0, 0.05) is 7.05 Å². The highest BCUT2D eigenvalue weighted by Gasteiger charge is 2.29. The molecule has 1 aromatic heterocycles. The van der Waals surface area contributed by atoms with Gasteiger partial charge in [0.05, 0.1) is 6.20 Å². The summed E-state index contributed by atoms with van der Waals surface area (Å²) in [7, 11) is 1.45. The van der Waals surface area contributed by atoms with Crippen molar-refractivity contribution in [3.05, 3.63) is 18.4 Å². The van der Waals surface area contributed by atoms with Gasteiger partial charge in [-0.25, -0.2) is 9.78 Å². The van der Waals surface area contributed by atoms with Crippen LogP contribution in [0.4, 0.5) is 0 Å². The molecule has 1 heterocycles. The molecular weight excluding hydrogens is 224 g/mol. The molecule has 0 radical (unpaired) electrons. The Morgan fingerprint density at radius 3 is 2.59 bits per heavy atom. The van der Waals surface area contributed by atoms with Crippen molar-refractivity contribution in [2.24, 2.45) is 5.92 Å². The van der Waals surface area contributed by atoms with Gasteiger partial charge >= 0.3 is 5.97 Å². The number of aliphatic carboxylic acids is 1. The van der Waals surface area contributed by atoms with Crippen molar-refractivity contribution in [3.8, 4) is 0 Å². The van der Waals surface area contributed by atoms with Crippen LogP contribution in [0.1, 0.15) is 30.8 Å². The highest BCUT2D eigenvalue weighted by atomic mass is 16.4. The van der Waals surface area contributed by atoms with Crippen LogP contribution < -0.4 is 0 Å². The zero-order valence-corrected chi connectivity index (χ0v) is 10.1. The van der Waals surface area contributed by atoms with E-state index >= 15 is 0 Å². The number of carboxylic acid groups (broad SMARTS) is 1. The Hall–Kier alpha value is -1.85. The van der Waals surface area contributed by atoms with Crippen molar-refractivity contribution < 1.29 is 19.1 Å². The van der Waals surface area contributed by atoms with Crippen LogP contribution in [0.25, 0.3) is 0 Å². The minimum absolute atomic E-state index is 0.0440. The Kier molecular flexibility index (Phi) is 4.25. The summed E-state index contributed by atoms with van der Waals surface area (Å²) in [5, 5.41) is 9.10. The van der Waals surface area contributed by atoms with Gasteiger partial charge in [-0.1, -0.05) is 13.8 Å². The molecule has 1 N–H and O–H groups in total. The maximum absolute atomic E-state index is 11.9. The Bertz CT molecular complexity index is 386. The number of amides is 1. The lowest BCUT2D eigenvalue weighted by molar-refractivity contribution is -0.142. The molecule has 94 valence electrons. The molecule has 0 aliphatic carbocycles. The highest BCUT2D eigenvalue weighted by molar-refractivity contribution is 5.93. The van der Waals surface area contributed by atoms with E-state index in [1.807, 2.05) is 13.8 Å². The van der Waals surface area contributed by atoms with Crippen molar-refractivity contribution in [1.82, 2.24) is 9.88 Å². The third-order valence-electron chi connectivity index (χ3n) is 2.41. The summed E-state index contributed by atoms with van der Waals surface area (Å²) in [6, 6.07) is -0.854. The molecule has 0 fully saturated rings. The summed E-state index contributed by atoms with van der Waals surface area (Å²) in [5.41, 5.74) is 0. The molecule has 0 saturated heterocycles. The second-order valence-electron chi connectivity index (χ2n) is 4.27. The predicted molar refractivity (Wildman–Crippen MR) is 59.5 cm³/mol. The molecule has 1 aromatic rings. The second-order valence-corrected chi connectivity index (χ2v) is 4.27. The molecule has 6 heteroatoms. The fraction of sp³-hybridized carbons (Fsp3) is 0.545. The van der Waals surface area contributed by atoms with Crippen molar-refractivity contribution in [3.63, 3.8) is 0 Å². The maximum Gasteiger partial charge on any atom is 0.326 e. The minimum Gasteiger partial charge on any atom is -0.480 e. The number of carbonyl (C=O) groups is 2. The fourth-order valence-corrected chi connectivity index (χ4v) is 1.51. The first kappa shape index (κ1) is 13.2. The van der Waals surface area contributed by atoms with E-state index in [0.717, 1.165) is 6.39 Å². The summed E-state index contributed by atoms with van der Waals surface area (Å²) in [5.74, 6) is -1.27. The molecule has 0 saturated carbocycles. The first-order chi connectivity index (χ1) is 7.93. The van der Waals surface area contributed by atoms with E-state index in [1.54, 1.807) is 0 Å². The Morgan fingerprint density at radius 1 is 1.53 bits per heavy atom. The number of hydrogen-bond acceptors (Lipinski definition) is 4. The molecule has 6 nitrogen and oxygen atoms in total. The van der Waals surface area contributed by atoms with Gasteiger partial charge < -0.3 is 14.4 Å². The van der Waals surface area contributed by atoms with Crippen molar-refractivity contribution in [2.75, 3.05) is 7.05 Å². The maximum atomic E-state index is 11.9. The molecule has 17 heavy (non-hydrogen) atoms. The molecule has 0 spiro atoms. The van der Waals surface area contributed by atoms with Crippen LogP contribution in [-0.4, -0.2) is 40.0 Å². The lowest BCUT2D eigenvalue weighted by Gasteiger charge is -2.25. The number of carbonyl (C=O) groups excluding carboxylic acids is 1. The van der Waals surface area contributed by atoms with E-state index in [9.17, 15) is 9.59 Å². The summed E-state index contributed by atoms with van der Waals surface area (Å²) < 4.78 is 4.86. The van der Waals surface area contributed by atoms with Crippen LogP contribution in [0.5, 0.6) is 0 Å². The van der Waals surface area contributed by atoms with E-state index in [1.165, 1.54) is 18.1 Å². The second kappa shape index (κ2) is 5.47. The molecule has 0 bridgehead atoms. The smallest absolute Gasteiger partial charge is 0.326 e. The molecule has 1 amide bonds. The monoisotopic (exact) mass is 240 g/mol. The van der Waals surface area contributed by atoms with E-state index in [-0.39, 0.29) is 11.7 Å². The molecule has 1 unspecified atom stereocenters. The van der Waals surface area contributed by atoms with Crippen LogP contribution in [0, 0.1) is 5.92 Å². The van der Waals surface area contributed by atoms with Crippen LogP contribution in [0.2, 0.25) is 0 Å². The zero-order valence-electron chi connectivity index (χ0n) is 10.1. The first-order valence-corrected chi connectivity index (χ1v) is 5.32. The average molecular weight is 240 g/mol. The van der Waals surface area contributed by atoms with Crippen LogP contribution in [0.15, 0.2) is 17.0 Å². The highest BCUT2D eigenvalue weighted by Crippen LogP contribution is 2.13. The molecule has 0 aromatic carbocycles.